The van der Waals surface area contributed by atoms with Crippen molar-refractivity contribution in [3.05, 3.63) is 101 Å². The first-order valence-electron chi connectivity index (χ1n) is 13.5. The molecule has 0 heterocycles. The van der Waals surface area contributed by atoms with Crippen LogP contribution < -0.4 is 0 Å². The van der Waals surface area contributed by atoms with E-state index in [1.165, 1.54) is 34.3 Å². The molecule has 0 aliphatic heterocycles. The largest absolute Gasteiger partial charge is 0.508 e. The van der Waals surface area contributed by atoms with Crippen molar-refractivity contribution in [3.8, 4) is 5.75 Å². The molecule has 0 unspecified atom stereocenters. The van der Waals surface area contributed by atoms with Gasteiger partial charge in [0.05, 0.1) is 0 Å². The fraction of sp³-hybridized carbons (Fsp3) is 0.471. The molecule has 0 aliphatic rings. The number of phenolic OH excluding ortho intramolecular Hbond substituents is 1. The molecule has 0 radical (unpaired) electrons. The zero-order valence-electron chi connectivity index (χ0n) is 23.2. The van der Waals surface area contributed by atoms with Crippen LogP contribution in [-0.4, -0.2) is 5.11 Å². The lowest BCUT2D eigenvalue weighted by molar-refractivity contribution is 0.469. The van der Waals surface area contributed by atoms with Gasteiger partial charge in [0.2, 0.25) is 0 Å². The third-order valence-electron chi connectivity index (χ3n) is 6.53. The molecule has 0 saturated carbocycles. The molecular formula is C34H50O. The normalized spacial score (nSPS) is 13.9. The molecule has 0 amide bonds. The van der Waals surface area contributed by atoms with Crippen LogP contribution in [0.15, 0.2) is 95.2 Å². The average Bonchev–Trinajstić information content (AvgIpc) is 2.82. The van der Waals surface area contributed by atoms with Crippen LogP contribution in [0.1, 0.15) is 104 Å². The van der Waals surface area contributed by atoms with E-state index in [9.17, 15) is 5.11 Å². The Balaban J connectivity index is 2.26. The molecule has 0 aliphatic carbocycles. The molecular weight excluding hydrogens is 424 g/mol. The van der Waals surface area contributed by atoms with E-state index in [1.54, 1.807) is 6.07 Å². The number of para-hydroxylation sites is 1. The summed E-state index contributed by atoms with van der Waals surface area (Å²) in [6.45, 7) is 15.0. The summed E-state index contributed by atoms with van der Waals surface area (Å²) in [5.74, 6) is 0.389. The summed E-state index contributed by atoms with van der Waals surface area (Å²) in [5.41, 5.74) is 8.36. The Labute approximate surface area is 216 Å². The number of benzene rings is 1. The van der Waals surface area contributed by atoms with Crippen molar-refractivity contribution < 1.29 is 5.11 Å². The van der Waals surface area contributed by atoms with Crippen molar-refractivity contribution in [1.82, 2.24) is 0 Å². The first-order chi connectivity index (χ1) is 16.8. The van der Waals surface area contributed by atoms with E-state index in [1.807, 2.05) is 24.3 Å². The highest BCUT2D eigenvalue weighted by Crippen LogP contribution is 2.19. The second kappa shape index (κ2) is 18.7. The summed E-state index contributed by atoms with van der Waals surface area (Å²) in [6.07, 6.45) is 25.9. The Morgan fingerprint density at radius 1 is 0.600 bits per heavy atom. The van der Waals surface area contributed by atoms with Gasteiger partial charge in [-0.1, -0.05) is 82.5 Å². The van der Waals surface area contributed by atoms with Crippen molar-refractivity contribution >= 4 is 0 Å². The van der Waals surface area contributed by atoms with Crippen LogP contribution >= 0.6 is 0 Å². The van der Waals surface area contributed by atoms with Gasteiger partial charge in [-0.2, -0.15) is 0 Å². The lowest BCUT2D eigenvalue weighted by Gasteiger charge is -2.04. The number of rotatable bonds is 17. The number of hydrogen-bond donors (Lipinski definition) is 1. The van der Waals surface area contributed by atoms with Crippen molar-refractivity contribution in [1.29, 1.82) is 0 Å². The molecule has 0 atom stereocenters. The number of aromatic hydroxyl groups is 1. The lowest BCUT2D eigenvalue weighted by Crippen LogP contribution is -1.85. The average molecular weight is 475 g/mol. The molecule has 1 rings (SSSR count). The Morgan fingerprint density at radius 3 is 1.37 bits per heavy atom. The highest BCUT2D eigenvalue weighted by atomic mass is 16.3. The van der Waals surface area contributed by atoms with Crippen LogP contribution in [0.5, 0.6) is 5.75 Å². The highest BCUT2D eigenvalue weighted by molar-refractivity contribution is 5.33. The van der Waals surface area contributed by atoms with Gasteiger partial charge in [-0.3, -0.25) is 0 Å². The molecule has 0 fully saturated rings. The van der Waals surface area contributed by atoms with Gasteiger partial charge in [0.15, 0.2) is 0 Å². The molecule has 192 valence electrons. The minimum Gasteiger partial charge on any atom is -0.508 e. The molecule has 1 N–H and O–H groups in total. The van der Waals surface area contributed by atoms with Crippen LogP contribution in [0, 0.1) is 0 Å². The zero-order chi connectivity index (χ0) is 25.9. The van der Waals surface area contributed by atoms with E-state index < -0.39 is 0 Å². The van der Waals surface area contributed by atoms with Crippen LogP contribution in [0.2, 0.25) is 0 Å². The lowest BCUT2D eigenvalue weighted by atomic mass is 10.0. The van der Waals surface area contributed by atoms with E-state index >= 15 is 0 Å². The molecule has 1 aromatic rings. The molecule has 1 aromatic carbocycles. The first-order valence-corrected chi connectivity index (χ1v) is 13.5. The van der Waals surface area contributed by atoms with Gasteiger partial charge >= 0.3 is 0 Å². The van der Waals surface area contributed by atoms with E-state index in [2.05, 4.69) is 71.6 Å². The smallest absolute Gasteiger partial charge is 0.119 e. The third kappa shape index (κ3) is 15.9. The summed E-state index contributed by atoms with van der Waals surface area (Å²) in [5, 5.41) is 9.88. The van der Waals surface area contributed by atoms with Crippen LogP contribution in [0.4, 0.5) is 0 Å². The molecule has 35 heavy (non-hydrogen) atoms. The second-order valence-corrected chi connectivity index (χ2v) is 10.1. The van der Waals surface area contributed by atoms with Crippen LogP contribution in [0.3, 0.4) is 0 Å². The maximum Gasteiger partial charge on any atom is 0.119 e. The minimum absolute atomic E-state index is 0.389. The second-order valence-electron chi connectivity index (χ2n) is 10.1. The van der Waals surface area contributed by atoms with Crippen LogP contribution in [0.25, 0.3) is 0 Å². The van der Waals surface area contributed by atoms with Crippen molar-refractivity contribution in [2.45, 2.75) is 105 Å². The molecule has 0 saturated heterocycles. The van der Waals surface area contributed by atoms with E-state index in [0.29, 0.717) is 5.75 Å². The monoisotopic (exact) mass is 474 g/mol. The SMILES string of the molecule is C=CCC/C(C)=C/CC/C(C)=C/CC/C(C)=C/CC/C(C)=C/CC/C(C)=C/Cc1ccccc1O. The Morgan fingerprint density at radius 2 is 0.971 bits per heavy atom. The molecule has 0 aromatic heterocycles. The number of allylic oxidation sites excluding steroid dienone is 11. The van der Waals surface area contributed by atoms with Crippen LogP contribution in [-0.2, 0) is 6.42 Å². The maximum absolute atomic E-state index is 9.88. The standard InChI is InChI=1S/C34H50O/c1-7-8-15-28(2)16-11-17-29(3)18-12-19-30(4)20-13-21-31(5)22-14-23-32(6)26-27-33-24-9-10-25-34(33)35/h7,9-10,16,18,20,22,24-26,35H,1,8,11-15,17,19,21,23,27H2,2-6H3/b28-16+,29-18+,30-20+,31-22+,32-26+. The summed E-state index contributed by atoms with van der Waals surface area (Å²) >= 11 is 0. The summed E-state index contributed by atoms with van der Waals surface area (Å²) < 4.78 is 0. The van der Waals surface area contributed by atoms with Gasteiger partial charge in [-0.25, -0.2) is 0 Å². The van der Waals surface area contributed by atoms with Gasteiger partial charge in [-0.05, 0) is 117 Å². The zero-order valence-corrected chi connectivity index (χ0v) is 23.2. The van der Waals surface area contributed by atoms with Gasteiger partial charge < -0.3 is 5.11 Å². The molecule has 1 nitrogen and oxygen atoms in total. The van der Waals surface area contributed by atoms with Gasteiger partial charge in [0.25, 0.3) is 0 Å². The summed E-state index contributed by atoms with van der Waals surface area (Å²) in [7, 11) is 0. The van der Waals surface area contributed by atoms with E-state index in [4.69, 9.17) is 0 Å². The Hall–Kier alpha value is -2.54. The first kappa shape index (κ1) is 30.5. The van der Waals surface area contributed by atoms with E-state index in [-0.39, 0.29) is 0 Å². The predicted octanol–water partition coefficient (Wildman–Crippen LogP) is 10.8. The van der Waals surface area contributed by atoms with Crippen molar-refractivity contribution in [2.75, 3.05) is 0 Å². The van der Waals surface area contributed by atoms with Crippen molar-refractivity contribution in [2.24, 2.45) is 0 Å². The fourth-order valence-electron chi connectivity index (χ4n) is 3.99. The summed E-state index contributed by atoms with van der Waals surface area (Å²) in [6, 6.07) is 7.59. The Bertz CT molecular complexity index is 904. The summed E-state index contributed by atoms with van der Waals surface area (Å²) in [4.78, 5) is 0. The molecule has 0 bridgehead atoms. The predicted molar refractivity (Wildman–Crippen MR) is 157 cm³/mol. The van der Waals surface area contributed by atoms with Gasteiger partial charge in [0.1, 0.15) is 5.75 Å². The molecule has 0 spiro atoms. The minimum atomic E-state index is 0.389. The van der Waals surface area contributed by atoms with Gasteiger partial charge in [0, 0.05) is 0 Å². The van der Waals surface area contributed by atoms with Crippen molar-refractivity contribution in [3.63, 3.8) is 0 Å². The quantitative estimate of drug-likeness (QED) is 0.223. The number of phenols is 1. The molecule has 1 heteroatoms. The third-order valence-corrected chi connectivity index (χ3v) is 6.53. The number of hydrogen-bond acceptors (Lipinski definition) is 1. The highest BCUT2D eigenvalue weighted by Gasteiger charge is 1.98. The topological polar surface area (TPSA) is 20.2 Å². The maximum atomic E-state index is 9.88. The van der Waals surface area contributed by atoms with Gasteiger partial charge in [-0.15, -0.1) is 6.58 Å². The fourth-order valence-corrected chi connectivity index (χ4v) is 3.99. The Kier molecular flexibility index (Phi) is 16.3. The van der Waals surface area contributed by atoms with E-state index in [0.717, 1.165) is 69.8 Å².